The summed E-state index contributed by atoms with van der Waals surface area (Å²) in [6.07, 6.45) is 7.91. The summed E-state index contributed by atoms with van der Waals surface area (Å²) in [6, 6.07) is 14.5. The van der Waals surface area contributed by atoms with Gasteiger partial charge in [-0.05, 0) is 52.3 Å². The van der Waals surface area contributed by atoms with Gasteiger partial charge < -0.3 is 5.11 Å². The van der Waals surface area contributed by atoms with Gasteiger partial charge >= 0.3 is 5.97 Å². The van der Waals surface area contributed by atoms with Crippen molar-refractivity contribution in [2.75, 3.05) is 0 Å². The number of fused-ring (bicyclic) bond motifs is 1. The first-order valence-electron chi connectivity index (χ1n) is 10.1. The van der Waals surface area contributed by atoms with Gasteiger partial charge in [0.2, 0.25) is 0 Å². The molecular formula is C25H24N2O2S. The summed E-state index contributed by atoms with van der Waals surface area (Å²) in [5.74, 6) is -0.553. The number of carboxylic acids is 1. The Balaban J connectivity index is 1.86. The van der Waals surface area contributed by atoms with Gasteiger partial charge in [0, 0.05) is 22.6 Å². The van der Waals surface area contributed by atoms with Gasteiger partial charge in [0.25, 0.3) is 0 Å². The lowest BCUT2D eigenvalue weighted by molar-refractivity contribution is -0.131. The molecule has 0 saturated carbocycles. The smallest absolute Gasteiger partial charge is 0.328 e. The van der Waals surface area contributed by atoms with Crippen LogP contribution in [-0.2, 0) is 4.79 Å². The van der Waals surface area contributed by atoms with Crippen molar-refractivity contribution >= 4 is 40.3 Å². The van der Waals surface area contributed by atoms with E-state index < -0.39 is 5.97 Å². The minimum Gasteiger partial charge on any atom is -0.478 e. The van der Waals surface area contributed by atoms with Gasteiger partial charge in [0.05, 0.1) is 11.7 Å². The second kappa shape index (κ2) is 8.76. The first-order chi connectivity index (χ1) is 14.6. The van der Waals surface area contributed by atoms with E-state index in [2.05, 4.69) is 65.9 Å². The highest BCUT2D eigenvalue weighted by Crippen LogP contribution is 2.41. The number of nitrogens with zero attached hydrogens (tertiary/aromatic N) is 1. The summed E-state index contributed by atoms with van der Waals surface area (Å²) in [7, 11) is 0. The Labute approximate surface area is 180 Å². The third kappa shape index (κ3) is 4.12. The standard InChI is InChI=1S/C25H24N2O2S/c1-3-21(22-12-13-30-16(22)2)25(19-9-10-23-20(14-19)15-26-27-23)18-7-4-17(5-8-18)6-11-24(28)29/h4-16,22H,3H2,1-2H3,(H,26,27)(H,28,29)/b11-6+,25-21+. The number of allylic oxidation sites excluding steroid dienone is 2. The van der Waals surface area contributed by atoms with Crippen molar-refractivity contribution in [3.8, 4) is 0 Å². The highest BCUT2D eigenvalue weighted by atomic mass is 32.2. The van der Waals surface area contributed by atoms with E-state index in [1.807, 2.05) is 30.1 Å². The van der Waals surface area contributed by atoms with Gasteiger partial charge in [0.15, 0.2) is 0 Å². The molecule has 4 rings (SSSR count). The fourth-order valence-corrected chi connectivity index (χ4v) is 4.97. The van der Waals surface area contributed by atoms with E-state index in [-0.39, 0.29) is 0 Å². The van der Waals surface area contributed by atoms with E-state index in [0.717, 1.165) is 34.5 Å². The Kier molecular flexibility index (Phi) is 5.91. The molecule has 2 aromatic carbocycles. The molecular weight excluding hydrogens is 392 g/mol. The zero-order chi connectivity index (χ0) is 21.1. The Morgan fingerprint density at radius 3 is 2.63 bits per heavy atom. The van der Waals surface area contributed by atoms with Gasteiger partial charge in [-0.3, -0.25) is 5.10 Å². The highest BCUT2D eigenvalue weighted by Gasteiger charge is 2.25. The molecule has 2 N–H and O–H groups in total. The van der Waals surface area contributed by atoms with Gasteiger partial charge in [-0.25, -0.2) is 4.79 Å². The maximum Gasteiger partial charge on any atom is 0.328 e. The van der Waals surface area contributed by atoms with Crippen molar-refractivity contribution in [2.24, 2.45) is 5.92 Å². The molecule has 1 aliphatic rings. The van der Waals surface area contributed by atoms with Crippen LogP contribution < -0.4 is 0 Å². The highest BCUT2D eigenvalue weighted by molar-refractivity contribution is 8.03. The number of nitrogens with one attached hydrogen (secondary N) is 1. The molecule has 0 saturated heterocycles. The second-order valence-corrected chi connectivity index (χ2v) is 8.70. The molecule has 3 aromatic rings. The topological polar surface area (TPSA) is 66.0 Å². The third-order valence-corrected chi connectivity index (χ3v) is 6.57. The van der Waals surface area contributed by atoms with Crippen molar-refractivity contribution in [1.82, 2.24) is 10.2 Å². The molecule has 30 heavy (non-hydrogen) atoms. The number of carbonyl (C=O) groups is 1. The van der Waals surface area contributed by atoms with Gasteiger partial charge in [0.1, 0.15) is 0 Å². The van der Waals surface area contributed by atoms with Crippen LogP contribution in [0.1, 0.15) is 37.0 Å². The van der Waals surface area contributed by atoms with Crippen molar-refractivity contribution in [3.05, 3.63) is 88.5 Å². The predicted molar refractivity (Wildman–Crippen MR) is 125 cm³/mol. The van der Waals surface area contributed by atoms with E-state index in [1.165, 1.54) is 16.7 Å². The fraction of sp³-hybridized carbons (Fsp3) is 0.200. The quantitative estimate of drug-likeness (QED) is 0.474. The molecule has 0 bridgehead atoms. The summed E-state index contributed by atoms with van der Waals surface area (Å²) < 4.78 is 0. The third-order valence-electron chi connectivity index (χ3n) is 5.54. The second-order valence-electron chi connectivity index (χ2n) is 7.41. The number of thioether (sulfide) groups is 1. The number of aromatic nitrogens is 2. The average Bonchev–Trinajstić information content (AvgIpc) is 3.39. The minimum absolute atomic E-state index is 0.390. The summed E-state index contributed by atoms with van der Waals surface area (Å²) in [5.41, 5.74) is 6.87. The number of benzene rings is 2. The van der Waals surface area contributed by atoms with Crippen LogP contribution in [0.25, 0.3) is 22.6 Å². The van der Waals surface area contributed by atoms with E-state index in [9.17, 15) is 4.79 Å². The Morgan fingerprint density at radius 1 is 1.20 bits per heavy atom. The maximum absolute atomic E-state index is 10.8. The van der Waals surface area contributed by atoms with Gasteiger partial charge in [-0.2, -0.15) is 5.10 Å². The normalized spacial score (nSPS) is 19.5. The van der Waals surface area contributed by atoms with Gasteiger partial charge in [-0.1, -0.05) is 55.8 Å². The number of H-pyrrole nitrogens is 1. The van der Waals surface area contributed by atoms with Crippen LogP contribution in [0.2, 0.25) is 0 Å². The van der Waals surface area contributed by atoms with Gasteiger partial charge in [-0.15, -0.1) is 11.8 Å². The van der Waals surface area contributed by atoms with Crippen molar-refractivity contribution in [3.63, 3.8) is 0 Å². The monoisotopic (exact) mass is 416 g/mol. The first kappa shape index (κ1) is 20.2. The van der Waals surface area contributed by atoms with Crippen LogP contribution in [0, 0.1) is 5.92 Å². The lowest BCUT2D eigenvalue weighted by atomic mass is 9.83. The summed E-state index contributed by atoms with van der Waals surface area (Å²) in [4.78, 5) is 10.8. The number of carboxylic acid groups (broad SMARTS) is 1. The van der Waals surface area contributed by atoms with Crippen molar-refractivity contribution in [2.45, 2.75) is 25.5 Å². The molecule has 0 radical (unpaired) electrons. The summed E-state index contributed by atoms with van der Waals surface area (Å²) in [6.45, 7) is 4.50. The molecule has 2 unspecified atom stereocenters. The molecule has 4 nitrogen and oxygen atoms in total. The zero-order valence-corrected chi connectivity index (χ0v) is 17.8. The van der Waals surface area contributed by atoms with Crippen LogP contribution in [0.4, 0.5) is 0 Å². The Hall–Kier alpha value is -3.05. The molecule has 0 amide bonds. The van der Waals surface area contributed by atoms with E-state index >= 15 is 0 Å². The largest absolute Gasteiger partial charge is 0.478 e. The zero-order valence-electron chi connectivity index (χ0n) is 17.0. The number of aliphatic carboxylic acids is 1. The van der Waals surface area contributed by atoms with Crippen LogP contribution in [0.15, 0.2) is 71.8 Å². The summed E-state index contributed by atoms with van der Waals surface area (Å²) in [5, 5.41) is 19.9. The molecule has 152 valence electrons. The Bertz CT molecular complexity index is 1160. The molecule has 1 aliphatic heterocycles. The average molecular weight is 417 g/mol. The van der Waals surface area contributed by atoms with E-state index in [4.69, 9.17) is 5.11 Å². The lowest BCUT2D eigenvalue weighted by Gasteiger charge is -2.23. The Morgan fingerprint density at radius 2 is 1.97 bits per heavy atom. The predicted octanol–water partition coefficient (Wildman–Crippen LogP) is 6.14. The van der Waals surface area contributed by atoms with Crippen LogP contribution in [-0.4, -0.2) is 26.5 Å². The first-order valence-corrected chi connectivity index (χ1v) is 11.0. The van der Waals surface area contributed by atoms with Crippen LogP contribution in [0.5, 0.6) is 0 Å². The fourth-order valence-electron chi connectivity index (χ4n) is 4.04. The molecule has 2 atom stereocenters. The van der Waals surface area contributed by atoms with Crippen molar-refractivity contribution < 1.29 is 9.90 Å². The minimum atomic E-state index is -0.944. The number of aromatic amines is 1. The molecule has 5 heteroatoms. The molecule has 2 heterocycles. The van der Waals surface area contributed by atoms with Crippen LogP contribution in [0.3, 0.4) is 0 Å². The molecule has 0 fully saturated rings. The molecule has 0 aliphatic carbocycles. The number of rotatable bonds is 6. The van der Waals surface area contributed by atoms with E-state index in [1.54, 1.807) is 6.08 Å². The number of hydrogen-bond donors (Lipinski definition) is 2. The van der Waals surface area contributed by atoms with Crippen molar-refractivity contribution in [1.29, 1.82) is 0 Å². The summed E-state index contributed by atoms with van der Waals surface area (Å²) >= 11 is 1.88. The maximum atomic E-state index is 10.8. The van der Waals surface area contributed by atoms with E-state index in [0.29, 0.717) is 11.2 Å². The van der Waals surface area contributed by atoms with Crippen LogP contribution >= 0.6 is 11.8 Å². The lowest BCUT2D eigenvalue weighted by Crippen LogP contribution is -2.12. The number of hydrogen-bond acceptors (Lipinski definition) is 3. The SMILES string of the molecule is CC/C(=C(/c1ccc(/C=C/C(=O)O)cc1)c1ccc2[nH]ncc2c1)C1C=CSC1C. The molecule has 1 aromatic heterocycles. The molecule has 0 spiro atoms.